The summed E-state index contributed by atoms with van der Waals surface area (Å²) in [7, 11) is 0. The lowest BCUT2D eigenvalue weighted by atomic mass is 10.2. The van der Waals surface area contributed by atoms with Crippen molar-refractivity contribution in [2.75, 3.05) is 0 Å². The van der Waals surface area contributed by atoms with Crippen LogP contribution in [0.15, 0.2) is 28.7 Å². The van der Waals surface area contributed by atoms with E-state index in [1.807, 2.05) is 31.2 Å². The second-order valence-electron chi connectivity index (χ2n) is 2.91. The number of rotatable bonds is 1. The molecule has 1 heterocycles. The molecule has 0 atom stereocenters. The summed E-state index contributed by atoms with van der Waals surface area (Å²) in [5.74, 6) is 0.130. The second kappa shape index (κ2) is 3.71. The molecular formula is C10H8BrNOS. The minimum Gasteiger partial charge on any atom is -0.492 e. The Balaban J connectivity index is 2.49. The maximum absolute atomic E-state index is 9.36. The largest absolute Gasteiger partial charge is 0.492 e. The summed E-state index contributed by atoms with van der Waals surface area (Å²) >= 11 is 4.89. The number of aromatic nitrogens is 1. The molecule has 0 aliphatic heterocycles. The van der Waals surface area contributed by atoms with Crippen LogP contribution in [-0.4, -0.2) is 10.1 Å². The highest BCUT2D eigenvalue weighted by Crippen LogP contribution is 2.31. The van der Waals surface area contributed by atoms with Gasteiger partial charge >= 0.3 is 0 Å². The predicted molar refractivity (Wildman–Crippen MR) is 61.7 cm³/mol. The second-order valence-corrected chi connectivity index (χ2v) is 5.03. The number of aromatic hydroxyl groups is 1. The van der Waals surface area contributed by atoms with Gasteiger partial charge in [0.25, 0.3) is 0 Å². The van der Waals surface area contributed by atoms with E-state index in [0.717, 1.165) is 19.9 Å². The van der Waals surface area contributed by atoms with Crippen LogP contribution in [0.2, 0.25) is 0 Å². The fraction of sp³-hybridized carbons (Fsp3) is 0.100. The molecule has 0 saturated carbocycles. The summed E-state index contributed by atoms with van der Waals surface area (Å²) < 4.78 is 1.02. The first-order valence-electron chi connectivity index (χ1n) is 4.09. The molecule has 14 heavy (non-hydrogen) atoms. The molecule has 0 unspecified atom stereocenters. The number of nitrogens with zero attached hydrogens (tertiary/aromatic N) is 1. The van der Waals surface area contributed by atoms with Crippen molar-refractivity contribution in [2.24, 2.45) is 0 Å². The molecule has 0 spiro atoms. The highest BCUT2D eigenvalue weighted by molar-refractivity contribution is 9.10. The number of halogens is 1. The van der Waals surface area contributed by atoms with E-state index < -0.39 is 0 Å². The Morgan fingerprint density at radius 1 is 1.43 bits per heavy atom. The lowest BCUT2D eigenvalue weighted by molar-refractivity contribution is 0.454. The molecule has 72 valence electrons. The Kier molecular flexibility index (Phi) is 2.56. The molecule has 2 aromatic rings. The van der Waals surface area contributed by atoms with Crippen LogP contribution in [0.5, 0.6) is 5.88 Å². The molecule has 0 aliphatic carbocycles. The molecule has 2 rings (SSSR count). The van der Waals surface area contributed by atoms with Crippen LogP contribution in [0.4, 0.5) is 0 Å². The molecule has 0 aliphatic rings. The van der Waals surface area contributed by atoms with Gasteiger partial charge in [0.05, 0.1) is 4.88 Å². The number of aryl methyl sites for hydroxylation is 1. The van der Waals surface area contributed by atoms with Crippen LogP contribution < -0.4 is 0 Å². The van der Waals surface area contributed by atoms with Crippen molar-refractivity contribution in [3.63, 3.8) is 0 Å². The number of thiazole rings is 1. The Morgan fingerprint density at radius 3 is 2.79 bits per heavy atom. The molecule has 0 saturated heterocycles. The highest BCUT2D eigenvalue weighted by Gasteiger charge is 2.07. The van der Waals surface area contributed by atoms with E-state index in [4.69, 9.17) is 0 Å². The van der Waals surface area contributed by atoms with Crippen LogP contribution in [0.1, 0.15) is 4.88 Å². The zero-order chi connectivity index (χ0) is 10.1. The van der Waals surface area contributed by atoms with Gasteiger partial charge in [0.15, 0.2) is 0 Å². The summed E-state index contributed by atoms with van der Waals surface area (Å²) in [6.07, 6.45) is 0. The van der Waals surface area contributed by atoms with Crippen molar-refractivity contribution < 1.29 is 5.11 Å². The highest BCUT2D eigenvalue weighted by atomic mass is 79.9. The Morgan fingerprint density at radius 2 is 2.21 bits per heavy atom. The van der Waals surface area contributed by atoms with Crippen molar-refractivity contribution in [3.05, 3.63) is 33.6 Å². The van der Waals surface area contributed by atoms with E-state index in [9.17, 15) is 5.11 Å². The third-order valence-corrected chi connectivity index (χ3v) is 3.35. The SMILES string of the molecule is Cc1sc(-c2cccc(Br)c2)nc1O. The van der Waals surface area contributed by atoms with Crippen molar-refractivity contribution in [2.45, 2.75) is 6.92 Å². The minimum absolute atomic E-state index is 0.130. The van der Waals surface area contributed by atoms with Crippen LogP contribution in [0.25, 0.3) is 10.6 Å². The molecule has 1 N–H and O–H groups in total. The monoisotopic (exact) mass is 269 g/mol. The van der Waals surface area contributed by atoms with Gasteiger partial charge in [-0.3, -0.25) is 0 Å². The lowest BCUT2D eigenvalue weighted by Gasteiger charge is -1.95. The van der Waals surface area contributed by atoms with E-state index in [0.29, 0.717) is 0 Å². The van der Waals surface area contributed by atoms with Gasteiger partial charge in [0.2, 0.25) is 5.88 Å². The van der Waals surface area contributed by atoms with Gasteiger partial charge in [-0.15, -0.1) is 11.3 Å². The van der Waals surface area contributed by atoms with E-state index in [1.54, 1.807) is 0 Å². The van der Waals surface area contributed by atoms with Gasteiger partial charge in [0.1, 0.15) is 5.01 Å². The minimum atomic E-state index is 0.130. The van der Waals surface area contributed by atoms with E-state index in [-0.39, 0.29) is 5.88 Å². The Hall–Kier alpha value is -0.870. The van der Waals surface area contributed by atoms with Gasteiger partial charge in [-0.05, 0) is 19.1 Å². The quantitative estimate of drug-likeness (QED) is 0.859. The molecule has 1 aromatic carbocycles. The lowest BCUT2D eigenvalue weighted by Crippen LogP contribution is -1.74. The number of benzene rings is 1. The molecule has 1 aromatic heterocycles. The standard InChI is InChI=1S/C10H8BrNOS/c1-6-9(13)12-10(14-6)7-3-2-4-8(11)5-7/h2-5,13H,1H3. The summed E-state index contributed by atoms with van der Waals surface area (Å²) in [5, 5.41) is 10.2. The average Bonchev–Trinajstić information content (AvgIpc) is 2.47. The van der Waals surface area contributed by atoms with Gasteiger partial charge in [-0.25, -0.2) is 4.98 Å². The summed E-state index contributed by atoms with van der Waals surface area (Å²) in [6, 6.07) is 7.87. The fourth-order valence-corrected chi connectivity index (χ4v) is 2.34. The van der Waals surface area contributed by atoms with Gasteiger partial charge < -0.3 is 5.11 Å². The number of hydrogen-bond donors (Lipinski definition) is 1. The molecule has 2 nitrogen and oxygen atoms in total. The zero-order valence-corrected chi connectivity index (χ0v) is 9.89. The van der Waals surface area contributed by atoms with E-state index >= 15 is 0 Å². The molecule has 0 radical (unpaired) electrons. The Bertz CT molecular complexity index is 447. The number of hydrogen-bond acceptors (Lipinski definition) is 3. The first kappa shape index (κ1) is 9.68. The van der Waals surface area contributed by atoms with Crippen LogP contribution in [0.3, 0.4) is 0 Å². The van der Waals surface area contributed by atoms with Crippen molar-refractivity contribution in [3.8, 4) is 16.5 Å². The summed E-state index contributed by atoms with van der Waals surface area (Å²) in [6.45, 7) is 1.86. The normalized spacial score (nSPS) is 10.4. The van der Waals surface area contributed by atoms with Gasteiger partial charge in [-0.2, -0.15) is 0 Å². The zero-order valence-electron chi connectivity index (χ0n) is 7.49. The molecule has 0 amide bonds. The topological polar surface area (TPSA) is 33.1 Å². The van der Waals surface area contributed by atoms with Crippen LogP contribution in [-0.2, 0) is 0 Å². The maximum Gasteiger partial charge on any atom is 0.225 e. The smallest absolute Gasteiger partial charge is 0.225 e. The van der Waals surface area contributed by atoms with Crippen molar-refractivity contribution >= 4 is 27.3 Å². The molecule has 4 heteroatoms. The molecule has 0 fully saturated rings. The van der Waals surface area contributed by atoms with E-state index in [2.05, 4.69) is 20.9 Å². The summed E-state index contributed by atoms with van der Waals surface area (Å²) in [4.78, 5) is 4.92. The third-order valence-electron chi connectivity index (χ3n) is 1.84. The Labute approximate surface area is 94.4 Å². The van der Waals surface area contributed by atoms with Crippen LogP contribution >= 0.6 is 27.3 Å². The summed E-state index contributed by atoms with van der Waals surface area (Å²) in [5.41, 5.74) is 1.02. The van der Waals surface area contributed by atoms with Gasteiger partial charge in [-0.1, -0.05) is 28.1 Å². The van der Waals surface area contributed by atoms with Crippen molar-refractivity contribution in [1.29, 1.82) is 0 Å². The third kappa shape index (κ3) is 1.81. The fourth-order valence-electron chi connectivity index (χ4n) is 1.13. The molecule has 0 bridgehead atoms. The predicted octanol–water partition coefficient (Wildman–Crippen LogP) is 3.59. The van der Waals surface area contributed by atoms with Crippen LogP contribution in [0, 0.1) is 6.92 Å². The van der Waals surface area contributed by atoms with Crippen molar-refractivity contribution in [1.82, 2.24) is 4.98 Å². The first-order chi connectivity index (χ1) is 6.66. The average molecular weight is 270 g/mol. The first-order valence-corrected chi connectivity index (χ1v) is 5.70. The van der Waals surface area contributed by atoms with E-state index in [1.165, 1.54) is 11.3 Å². The molecular weight excluding hydrogens is 262 g/mol. The maximum atomic E-state index is 9.36. The van der Waals surface area contributed by atoms with Gasteiger partial charge in [0, 0.05) is 10.0 Å².